The molecule has 2 aromatic rings. The molecular formula is C22H28N2O2. The van der Waals surface area contributed by atoms with E-state index >= 15 is 0 Å². The van der Waals surface area contributed by atoms with Gasteiger partial charge < -0.3 is 10.6 Å². The van der Waals surface area contributed by atoms with Crippen molar-refractivity contribution in [3.63, 3.8) is 0 Å². The number of amides is 2. The largest absolute Gasteiger partial charge is 0.350 e. The molecule has 0 fully saturated rings. The first-order valence-corrected chi connectivity index (χ1v) is 9.22. The Morgan fingerprint density at radius 2 is 1.62 bits per heavy atom. The van der Waals surface area contributed by atoms with Crippen LogP contribution in [0.2, 0.25) is 0 Å². The first-order valence-electron chi connectivity index (χ1n) is 9.22. The second-order valence-electron chi connectivity index (χ2n) is 6.65. The normalized spacial score (nSPS) is 11.7. The zero-order valence-corrected chi connectivity index (χ0v) is 15.8. The van der Waals surface area contributed by atoms with Crippen molar-refractivity contribution < 1.29 is 9.59 Å². The maximum absolute atomic E-state index is 12.2. The molecule has 0 heterocycles. The Morgan fingerprint density at radius 3 is 2.23 bits per heavy atom. The van der Waals surface area contributed by atoms with Crippen LogP contribution in [0.4, 0.5) is 5.69 Å². The lowest BCUT2D eigenvalue weighted by atomic mass is 10.1. The van der Waals surface area contributed by atoms with E-state index in [1.165, 1.54) is 11.1 Å². The number of carbonyl (C=O) groups is 2. The Labute approximate surface area is 156 Å². The van der Waals surface area contributed by atoms with E-state index in [1.807, 2.05) is 38.1 Å². The minimum atomic E-state index is -0.0576. The van der Waals surface area contributed by atoms with Crippen LogP contribution in [0.3, 0.4) is 0 Å². The topological polar surface area (TPSA) is 58.2 Å². The summed E-state index contributed by atoms with van der Waals surface area (Å²) < 4.78 is 0. The highest BCUT2D eigenvalue weighted by atomic mass is 16.2. The van der Waals surface area contributed by atoms with Crippen molar-refractivity contribution in [3.05, 3.63) is 65.2 Å². The van der Waals surface area contributed by atoms with E-state index in [0.29, 0.717) is 12.8 Å². The zero-order chi connectivity index (χ0) is 18.9. The number of anilines is 1. The molecule has 0 aliphatic heterocycles. The molecule has 0 bridgehead atoms. The third-order valence-electron chi connectivity index (χ3n) is 4.38. The summed E-state index contributed by atoms with van der Waals surface area (Å²) in [5.41, 5.74) is 4.31. The van der Waals surface area contributed by atoms with E-state index in [4.69, 9.17) is 0 Å². The van der Waals surface area contributed by atoms with Crippen molar-refractivity contribution in [2.24, 2.45) is 0 Å². The third kappa shape index (κ3) is 6.36. The molecule has 1 atom stereocenters. The van der Waals surface area contributed by atoms with E-state index in [0.717, 1.165) is 24.1 Å². The molecule has 0 aromatic heterocycles. The van der Waals surface area contributed by atoms with E-state index in [1.54, 1.807) is 0 Å². The molecule has 2 aromatic carbocycles. The van der Waals surface area contributed by atoms with Gasteiger partial charge in [-0.1, -0.05) is 48.9 Å². The lowest BCUT2D eigenvalue weighted by Crippen LogP contribution is -2.26. The lowest BCUT2D eigenvalue weighted by molar-refractivity contribution is -0.121. The third-order valence-corrected chi connectivity index (χ3v) is 4.38. The molecule has 2 rings (SSSR count). The predicted molar refractivity (Wildman–Crippen MR) is 106 cm³/mol. The molecule has 0 aliphatic carbocycles. The molecule has 0 spiro atoms. The average Bonchev–Trinajstić information content (AvgIpc) is 2.63. The van der Waals surface area contributed by atoms with Gasteiger partial charge in [-0.2, -0.15) is 0 Å². The Balaban J connectivity index is 1.77. The van der Waals surface area contributed by atoms with Gasteiger partial charge in [0.1, 0.15) is 0 Å². The summed E-state index contributed by atoms with van der Waals surface area (Å²) in [6, 6.07) is 16.0. The summed E-state index contributed by atoms with van der Waals surface area (Å²) in [7, 11) is 0. The van der Waals surface area contributed by atoms with Crippen LogP contribution < -0.4 is 10.6 Å². The molecule has 26 heavy (non-hydrogen) atoms. The summed E-state index contributed by atoms with van der Waals surface area (Å²) in [5.74, 6) is 0.0562. The van der Waals surface area contributed by atoms with Gasteiger partial charge in [0.05, 0.1) is 6.04 Å². The molecule has 138 valence electrons. The maximum atomic E-state index is 12.2. The Morgan fingerprint density at radius 1 is 0.962 bits per heavy atom. The highest BCUT2D eigenvalue weighted by Gasteiger charge is 2.10. The highest BCUT2D eigenvalue weighted by molar-refractivity contribution is 5.90. The standard InChI is InChI=1S/C22H28N2O2/c1-4-21(25)24-20-14-12-19(13-15-20)17(3)23-22(26)7-5-6-18-10-8-16(2)9-11-18/h8-15,17H,4-7H2,1-3H3,(H,23,26)(H,24,25). The first kappa shape index (κ1) is 19.7. The second kappa shape index (κ2) is 9.76. The molecular weight excluding hydrogens is 324 g/mol. The quantitative estimate of drug-likeness (QED) is 0.732. The van der Waals surface area contributed by atoms with Crippen LogP contribution in [0.15, 0.2) is 48.5 Å². The van der Waals surface area contributed by atoms with Crippen LogP contribution in [-0.2, 0) is 16.0 Å². The number of carbonyl (C=O) groups excluding carboxylic acids is 2. The van der Waals surface area contributed by atoms with Crippen LogP contribution in [-0.4, -0.2) is 11.8 Å². The highest BCUT2D eigenvalue weighted by Crippen LogP contribution is 2.17. The number of hydrogen-bond donors (Lipinski definition) is 2. The van der Waals surface area contributed by atoms with Gasteiger partial charge in [0, 0.05) is 18.5 Å². The van der Waals surface area contributed by atoms with Gasteiger partial charge in [0.25, 0.3) is 0 Å². The van der Waals surface area contributed by atoms with Crippen molar-refractivity contribution in [2.45, 2.75) is 52.5 Å². The van der Waals surface area contributed by atoms with Gasteiger partial charge in [-0.05, 0) is 49.9 Å². The van der Waals surface area contributed by atoms with Crippen molar-refractivity contribution in [3.8, 4) is 0 Å². The smallest absolute Gasteiger partial charge is 0.224 e. The molecule has 4 nitrogen and oxygen atoms in total. The number of benzene rings is 2. The molecule has 1 unspecified atom stereocenters. The lowest BCUT2D eigenvalue weighted by Gasteiger charge is -2.15. The van der Waals surface area contributed by atoms with E-state index in [-0.39, 0.29) is 17.9 Å². The fourth-order valence-corrected chi connectivity index (χ4v) is 2.71. The summed E-state index contributed by atoms with van der Waals surface area (Å²) in [6.07, 6.45) is 2.72. The van der Waals surface area contributed by atoms with Crippen molar-refractivity contribution in [1.82, 2.24) is 5.32 Å². The Bertz CT molecular complexity index is 721. The van der Waals surface area contributed by atoms with Crippen LogP contribution in [0, 0.1) is 6.92 Å². The summed E-state index contributed by atoms with van der Waals surface area (Å²) in [4.78, 5) is 23.6. The van der Waals surface area contributed by atoms with Crippen LogP contribution >= 0.6 is 0 Å². The van der Waals surface area contributed by atoms with Gasteiger partial charge >= 0.3 is 0 Å². The van der Waals surface area contributed by atoms with Crippen LogP contribution in [0.25, 0.3) is 0 Å². The van der Waals surface area contributed by atoms with E-state index in [2.05, 4.69) is 41.8 Å². The van der Waals surface area contributed by atoms with Crippen molar-refractivity contribution in [1.29, 1.82) is 0 Å². The van der Waals surface area contributed by atoms with Crippen molar-refractivity contribution in [2.75, 3.05) is 5.32 Å². The van der Waals surface area contributed by atoms with Crippen LogP contribution in [0.1, 0.15) is 55.8 Å². The number of nitrogens with one attached hydrogen (secondary N) is 2. The summed E-state index contributed by atoms with van der Waals surface area (Å²) in [5, 5.41) is 5.86. The fourth-order valence-electron chi connectivity index (χ4n) is 2.71. The zero-order valence-electron chi connectivity index (χ0n) is 15.8. The minimum absolute atomic E-state index is 0.00678. The molecule has 2 amide bonds. The van der Waals surface area contributed by atoms with Gasteiger partial charge in [-0.15, -0.1) is 0 Å². The average molecular weight is 352 g/mol. The second-order valence-corrected chi connectivity index (χ2v) is 6.65. The van der Waals surface area contributed by atoms with E-state index in [9.17, 15) is 9.59 Å². The Kier molecular flexibility index (Phi) is 7.39. The molecule has 4 heteroatoms. The van der Waals surface area contributed by atoms with Gasteiger partial charge in [0.15, 0.2) is 0 Å². The summed E-state index contributed by atoms with van der Waals surface area (Å²) in [6.45, 7) is 5.86. The van der Waals surface area contributed by atoms with Crippen LogP contribution in [0.5, 0.6) is 0 Å². The molecule has 0 aliphatic rings. The molecule has 0 saturated carbocycles. The van der Waals surface area contributed by atoms with Crippen molar-refractivity contribution >= 4 is 17.5 Å². The minimum Gasteiger partial charge on any atom is -0.350 e. The van der Waals surface area contributed by atoms with E-state index < -0.39 is 0 Å². The molecule has 2 N–H and O–H groups in total. The monoisotopic (exact) mass is 352 g/mol. The maximum Gasteiger partial charge on any atom is 0.224 e. The Hall–Kier alpha value is -2.62. The molecule has 0 radical (unpaired) electrons. The predicted octanol–water partition coefficient (Wildman–Crippen LogP) is 4.54. The molecule has 0 saturated heterocycles. The number of rotatable bonds is 8. The van der Waals surface area contributed by atoms with Gasteiger partial charge in [-0.3, -0.25) is 9.59 Å². The summed E-state index contributed by atoms with van der Waals surface area (Å²) >= 11 is 0. The first-order chi connectivity index (χ1) is 12.5. The van der Waals surface area contributed by atoms with Gasteiger partial charge in [-0.25, -0.2) is 0 Å². The SMILES string of the molecule is CCC(=O)Nc1ccc(C(C)NC(=O)CCCc2ccc(C)cc2)cc1. The number of aryl methyl sites for hydroxylation is 2. The fraction of sp³-hybridized carbons (Fsp3) is 0.364. The number of hydrogen-bond acceptors (Lipinski definition) is 2. The van der Waals surface area contributed by atoms with Gasteiger partial charge in [0.2, 0.25) is 11.8 Å².